The van der Waals surface area contributed by atoms with E-state index in [9.17, 15) is 8.42 Å². The van der Waals surface area contributed by atoms with E-state index >= 15 is 0 Å². The van der Waals surface area contributed by atoms with E-state index < -0.39 is 10.0 Å². The van der Waals surface area contributed by atoms with Crippen molar-refractivity contribution < 1.29 is 13.5 Å². The second-order valence-corrected chi connectivity index (χ2v) is 7.85. The molecule has 0 spiro atoms. The van der Waals surface area contributed by atoms with Crippen molar-refractivity contribution in [3.05, 3.63) is 29.3 Å². The summed E-state index contributed by atoms with van der Waals surface area (Å²) in [6, 6.07) is 5.48. The fourth-order valence-corrected chi connectivity index (χ4v) is 4.50. The number of aliphatic hydroxyl groups excluding tert-OH is 1. The van der Waals surface area contributed by atoms with Crippen LogP contribution in [0, 0.1) is 13.8 Å². The number of benzene rings is 1. The number of unbranched alkanes of at least 4 members (excludes halogenated alkanes) is 1. The molecule has 6 heteroatoms. The molecule has 1 aromatic carbocycles. The van der Waals surface area contributed by atoms with Crippen molar-refractivity contribution in [3.8, 4) is 0 Å². The van der Waals surface area contributed by atoms with Gasteiger partial charge in [-0.25, -0.2) is 8.42 Å². The molecule has 0 atom stereocenters. The number of hydrogen-bond donors (Lipinski definition) is 1. The van der Waals surface area contributed by atoms with Gasteiger partial charge in [0.1, 0.15) is 0 Å². The lowest BCUT2D eigenvalue weighted by Gasteiger charge is -2.34. The van der Waals surface area contributed by atoms with Crippen LogP contribution in [0.4, 0.5) is 0 Å². The number of piperazine rings is 1. The van der Waals surface area contributed by atoms with E-state index in [1.54, 1.807) is 10.4 Å². The first-order valence-corrected chi connectivity index (χ1v) is 9.30. The van der Waals surface area contributed by atoms with E-state index in [2.05, 4.69) is 4.90 Å². The van der Waals surface area contributed by atoms with E-state index in [1.165, 1.54) is 0 Å². The average molecular weight is 326 g/mol. The minimum Gasteiger partial charge on any atom is -0.396 e. The fourth-order valence-electron chi connectivity index (χ4n) is 2.87. The standard InChI is InChI=1S/C16H26N2O3S/c1-14-5-6-16(15(2)13-14)22(20,21)18-10-8-17(9-11-18)7-3-4-12-19/h5-6,13,19H,3-4,7-12H2,1-2H3. The molecule has 1 fully saturated rings. The fraction of sp³-hybridized carbons (Fsp3) is 0.625. The van der Waals surface area contributed by atoms with Gasteiger partial charge >= 0.3 is 0 Å². The highest BCUT2D eigenvalue weighted by molar-refractivity contribution is 7.89. The Morgan fingerprint density at radius 1 is 1.09 bits per heavy atom. The summed E-state index contributed by atoms with van der Waals surface area (Å²) >= 11 is 0. The second-order valence-electron chi connectivity index (χ2n) is 5.95. The van der Waals surface area contributed by atoms with Crippen molar-refractivity contribution in [1.29, 1.82) is 0 Å². The van der Waals surface area contributed by atoms with Crippen LogP contribution in [0.3, 0.4) is 0 Å². The highest BCUT2D eigenvalue weighted by Gasteiger charge is 2.29. The highest BCUT2D eigenvalue weighted by Crippen LogP contribution is 2.22. The largest absolute Gasteiger partial charge is 0.396 e. The van der Waals surface area contributed by atoms with E-state index in [0.29, 0.717) is 18.0 Å². The first-order valence-electron chi connectivity index (χ1n) is 7.86. The van der Waals surface area contributed by atoms with Crippen molar-refractivity contribution in [3.63, 3.8) is 0 Å². The van der Waals surface area contributed by atoms with Gasteiger partial charge in [0.25, 0.3) is 0 Å². The van der Waals surface area contributed by atoms with E-state index in [-0.39, 0.29) is 6.61 Å². The molecule has 0 radical (unpaired) electrons. The molecular weight excluding hydrogens is 300 g/mol. The summed E-state index contributed by atoms with van der Waals surface area (Å²) in [7, 11) is -3.39. The van der Waals surface area contributed by atoms with Crippen LogP contribution in [0.5, 0.6) is 0 Å². The Balaban J connectivity index is 2.00. The normalized spacial score (nSPS) is 17.8. The maximum Gasteiger partial charge on any atom is 0.243 e. The number of aliphatic hydroxyl groups is 1. The third kappa shape index (κ3) is 4.07. The van der Waals surface area contributed by atoms with Gasteiger partial charge in [-0.2, -0.15) is 4.31 Å². The lowest BCUT2D eigenvalue weighted by molar-refractivity contribution is 0.180. The monoisotopic (exact) mass is 326 g/mol. The molecule has 1 heterocycles. The Morgan fingerprint density at radius 3 is 2.36 bits per heavy atom. The number of aryl methyl sites for hydroxylation is 2. The van der Waals surface area contributed by atoms with Crippen molar-refractivity contribution in [2.75, 3.05) is 39.3 Å². The van der Waals surface area contributed by atoms with Crippen molar-refractivity contribution in [2.24, 2.45) is 0 Å². The molecule has 2 rings (SSSR count). The summed E-state index contributed by atoms with van der Waals surface area (Å²) in [5, 5.41) is 8.81. The first-order chi connectivity index (χ1) is 10.4. The first kappa shape index (κ1) is 17.4. The van der Waals surface area contributed by atoms with Crippen LogP contribution in [0.1, 0.15) is 24.0 Å². The molecule has 0 saturated carbocycles. The third-order valence-corrected chi connectivity index (χ3v) is 6.22. The van der Waals surface area contributed by atoms with E-state index in [4.69, 9.17) is 5.11 Å². The van der Waals surface area contributed by atoms with Gasteiger partial charge in [-0.1, -0.05) is 17.7 Å². The third-order valence-electron chi connectivity index (χ3n) is 4.16. The molecule has 0 unspecified atom stereocenters. The van der Waals surface area contributed by atoms with Gasteiger partial charge in [0.05, 0.1) is 4.90 Å². The number of nitrogens with zero attached hydrogens (tertiary/aromatic N) is 2. The molecule has 0 aromatic heterocycles. The van der Waals surface area contributed by atoms with Gasteiger partial charge < -0.3 is 10.0 Å². The molecule has 0 bridgehead atoms. The SMILES string of the molecule is Cc1ccc(S(=O)(=O)N2CCN(CCCCO)CC2)c(C)c1. The lowest BCUT2D eigenvalue weighted by Crippen LogP contribution is -2.48. The highest BCUT2D eigenvalue weighted by atomic mass is 32.2. The molecule has 124 valence electrons. The molecule has 0 aliphatic carbocycles. The summed E-state index contributed by atoms with van der Waals surface area (Å²) in [4.78, 5) is 2.69. The maximum absolute atomic E-state index is 12.8. The molecular formula is C16H26N2O3S. The molecule has 22 heavy (non-hydrogen) atoms. The summed E-state index contributed by atoms with van der Waals surface area (Å²) in [6.07, 6.45) is 1.77. The summed E-state index contributed by atoms with van der Waals surface area (Å²) < 4.78 is 27.1. The molecule has 1 N–H and O–H groups in total. The Labute approximate surface area is 133 Å². The van der Waals surface area contributed by atoms with Gasteiger partial charge in [0.2, 0.25) is 10.0 Å². The van der Waals surface area contributed by atoms with Crippen LogP contribution in [-0.2, 0) is 10.0 Å². The van der Waals surface area contributed by atoms with Gasteiger partial charge in [0.15, 0.2) is 0 Å². The molecule has 5 nitrogen and oxygen atoms in total. The van der Waals surface area contributed by atoms with Crippen LogP contribution in [0.2, 0.25) is 0 Å². The van der Waals surface area contributed by atoms with E-state index in [0.717, 1.165) is 43.6 Å². The second kappa shape index (κ2) is 7.55. The number of hydrogen-bond acceptors (Lipinski definition) is 4. The summed E-state index contributed by atoms with van der Waals surface area (Å²) in [6.45, 7) is 7.56. The van der Waals surface area contributed by atoms with Gasteiger partial charge in [-0.15, -0.1) is 0 Å². The molecule has 0 amide bonds. The van der Waals surface area contributed by atoms with Crippen LogP contribution >= 0.6 is 0 Å². The minimum atomic E-state index is -3.39. The Kier molecular flexibility index (Phi) is 5.97. The van der Waals surface area contributed by atoms with Gasteiger partial charge in [-0.05, 0) is 44.9 Å². The lowest BCUT2D eigenvalue weighted by atomic mass is 10.2. The zero-order valence-electron chi connectivity index (χ0n) is 13.5. The van der Waals surface area contributed by atoms with Gasteiger partial charge in [0, 0.05) is 32.8 Å². The summed E-state index contributed by atoms with van der Waals surface area (Å²) in [5.41, 5.74) is 1.88. The predicted octanol–water partition coefficient (Wildman–Crippen LogP) is 1.38. The molecule has 1 aliphatic rings. The maximum atomic E-state index is 12.8. The zero-order valence-corrected chi connectivity index (χ0v) is 14.3. The van der Waals surface area contributed by atoms with Crippen LogP contribution in [0.25, 0.3) is 0 Å². The van der Waals surface area contributed by atoms with Crippen LogP contribution in [0.15, 0.2) is 23.1 Å². The van der Waals surface area contributed by atoms with Crippen molar-refractivity contribution in [2.45, 2.75) is 31.6 Å². The molecule has 1 saturated heterocycles. The quantitative estimate of drug-likeness (QED) is 0.803. The van der Waals surface area contributed by atoms with Gasteiger partial charge in [-0.3, -0.25) is 0 Å². The predicted molar refractivity (Wildman–Crippen MR) is 87.4 cm³/mol. The smallest absolute Gasteiger partial charge is 0.243 e. The molecule has 1 aromatic rings. The van der Waals surface area contributed by atoms with Crippen molar-refractivity contribution >= 4 is 10.0 Å². The van der Waals surface area contributed by atoms with Crippen molar-refractivity contribution in [1.82, 2.24) is 9.21 Å². The zero-order chi connectivity index (χ0) is 16.2. The van der Waals surface area contributed by atoms with E-state index in [1.807, 2.05) is 26.0 Å². The Morgan fingerprint density at radius 2 is 1.77 bits per heavy atom. The topological polar surface area (TPSA) is 60.9 Å². The molecule has 1 aliphatic heterocycles. The Hall–Kier alpha value is -0.950. The van der Waals surface area contributed by atoms with Crippen LogP contribution < -0.4 is 0 Å². The van der Waals surface area contributed by atoms with Crippen LogP contribution in [-0.4, -0.2) is 62.1 Å². The summed E-state index contributed by atoms with van der Waals surface area (Å²) in [5.74, 6) is 0. The minimum absolute atomic E-state index is 0.223. The Bertz CT molecular complexity index is 593. The number of sulfonamides is 1. The average Bonchev–Trinajstić information content (AvgIpc) is 2.47. The number of rotatable bonds is 6.